The highest BCUT2D eigenvalue weighted by atomic mass is 32.2. The van der Waals surface area contributed by atoms with Gasteiger partial charge >= 0.3 is 0 Å². The molecule has 0 aliphatic carbocycles. The Labute approximate surface area is 174 Å². The van der Waals surface area contributed by atoms with Crippen molar-refractivity contribution >= 4 is 35.0 Å². The normalized spacial score (nSPS) is 10.3. The number of hydrogen-bond acceptors (Lipinski definition) is 4. The molecule has 6 heteroatoms. The first kappa shape index (κ1) is 20.5. The highest BCUT2D eigenvalue weighted by Crippen LogP contribution is 2.23. The second-order valence-corrected chi connectivity index (χ2v) is 7.47. The molecule has 3 rings (SSSR count). The van der Waals surface area contributed by atoms with E-state index in [0.29, 0.717) is 17.0 Å². The standard InChI is InChI=1S/C23H22N2O3S/c1-16-6-3-8-18(12-16)24-22(26)15-29-21-11-5-9-19(14-21)25-23(27)17-7-4-10-20(13-17)28-2/h3-14H,15H2,1-2H3,(H,24,26)(H,25,27). The lowest BCUT2D eigenvalue weighted by Gasteiger charge is -2.09. The molecule has 0 saturated heterocycles. The van der Waals surface area contributed by atoms with Crippen LogP contribution in [0.1, 0.15) is 15.9 Å². The monoisotopic (exact) mass is 406 g/mol. The van der Waals surface area contributed by atoms with Gasteiger partial charge in [0.05, 0.1) is 12.9 Å². The summed E-state index contributed by atoms with van der Waals surface area (Å²) in [6, 6.07) is 22.1. The number of ether oxygens (including phenoxy) is 1. The molecule has 29 heavy (non-hydrogen) atoms. The first-order chi connectivity index (χ1) is 14.0. The van der Waals surface area contributed by atoms with E-state index < -0.39 is 0 Å². The van der Waals surface area contributed by atoms with Crippen LogP contribution in [-0.4, -0.2) is 24.7 Å². The number of carbonyl (C=O) groups is 2. The molecule has 0 aliphatic rings. The van der Waals surface area contributed by atoms with E-state index in [4.69, 9.17) is 4.74 Å². The van der Waals surface area contributed by atoms with Crippen molar-refractivity contribution in [2.75, 3.05) is 23.5 Å². The van der Waals surface area contributed by atoms with Crippen LogP contribution in [0.5, 0.6) is 5.75 Å². The van der Waals surface area contributed by atoms with Crippen molar-refractivity contribution in [3.8, 4) is 5.75 Å². The molecule has 0 unspecified atom stereocenters. The second kappa shape index (κ2) is 9.80. The molecule has 2 amide bonds. The zero-order valence-corrected chi connectivity index (χ0v) is 17.1. The molecular weight excluding hydrogens is 384 g/mol. The maximum Gasteiger partial charge on any atom is 0.255 e. The average Bonchev–Trinajstić information content (AvgIpc) is 2.72. The van der Waals surface area contributed by atoms with Gasteiger partial charge in [0.1, 0.15) is 5.75 Å². The number of benzene rings is 3. The van der Waals surface area contributed by atoms with Gasteiger partial charge in [-0.1, -0.05) is 24.3 Å². The Kier molecular flexibility index (Phi) is 6.92. The molecule has 0 atom stereocenters. The lowest BCUT2D eigenvalue weighted by molar-refractivity contribution is -0.113. The molecule has 5 nitrogen and oxygen atoms in total. The van der Waals surface area contributed by atoms with Gasteiger partial charge in [-0.25, -0.2) is 0 Å². The Balaban J connectivity index is 1.57. The molecule has 0 spiro atoms. The van der Waals surface area contributed by atoms with Crippen molar-refractivity contribution in [2.24, 2.45) is 0 Å². The molecule has 0 bridgehead atoms. The van der Waals surface area contributed by atoms with Gasteiger partial charge in [0.25, 0.3) is 5.91 Å². The molecule has 0 radical (unpaired) electrons. The number of aryl methyl sites for hydroxylation is 1. The highest BCUT2D eigenvalue weighted by molar-refractivity contribution is 8.00. The molecule has 0 aromatic heterocycles. The van der Waals surface area contributed by atoms with Gasteiger partial charge in [-0.05, 0) is 61.0 Å². The zero-order valence-electron chi connectivity index (χ0n) is 16.3. The number of rotatable bonds is 7. The molecule has 148 valence electrons. The van der Waals surface area contributed by atoms with Gasteiger partial charge in [0, 0.05) is 21.8 Å². The number of hydrogen-bond donors (Lipinski definition) is 2. The summed E-state index contributed by atoms with van der Waals surface area (Å²) < 4.78 is 5.16. The van der Waals surface area contributed by atoms with Gasteiger partial charge in [-0.3, -0.25) is 9.59 Å². The SMILES string of the molecule is COc1cccc(C(=O)Nc2cccc(SCC(=O)Nc3cccc(C)c3)c2)c1. The number of amides is 2. The summed E-state index contributed by atoms with van der Waals surface area (Å²) in [7, 11) is 1.56. The fourth-order valence-electron chi connectivity index (χ4n) is 2.70. The summed E-state index contributed by atoms with van der Waals surface area (Å²) in [5.74, 6) is 0.609. The highest BCUT2D eigenvalue weighted by Gasteiger charge is 2.09. The number of nitrogens with one attached hydrogen (secondary N) is 2. The molecule has 0 heterocycles. The Hall–Kier alpha value is -3.25. The van der Waals surface area contributed by atoms with Crippen LogP contribution in [0.3, 0.4) is 0 Å². The lowest BCUT2D eigenvalue weighted by Crippen LogP contribution is -2.14. The van der Waals surface area contributed by atoms with E-state index in [0.717, 1.165) is 16.1 Å². The average molecular weight is 407 g/mol. The van der Waals surface area contributed by atoms with Crippen molar-refractivity contribution in [3.05, 3.63) is 83.9 Å². The summed E-state index contributed by atoms with van der Waals surface area (Å²) in [5, 5.41) is 5.77. The maximum absolute atomic E-state index is 12.5. The third-order valence-electron chi connectivity index (χ3n) is 4.10. The minimum absolute atomic E-state index is 0.0774. The molecule has 0 aliphatic heterocycles. The van der Waals surface area contributed by atoms with Gasteiger partial charge in [0.2, 0.25) is 5.91 Å². The van der Waals surface area contributed by atoms with Gasteiger partial charge in [0.15, 0.2) is 0 Å². The topological polar surface area (TPSA) is 67.4 Å². The number of anilines is 2. The summed E-state index contributed by atoms with van der Waals surface area (Å²) in [5.41, 5.74) is 3.06. The molecule has 0 fully saturated rings. The largest absolute Gasteiger partial charge is 0.497 e. The minimum atomic E-state index is -0.219. The first-order valence-electron chi connectivity index (χ1n) is 9.08. The van der Waals surface area contributed by atoms with Crippen molar-refractivity contribution < 1.29 is 14.3 Å². The third kappa shape index (κ3) is 6.12. The number of carbonyl (C=O) groups excluding carboxylic acids is 2. The second-order valence-electron chi connectivity index (χ2n) is 6.42. The van der Waals surface area contributed by atoms with Gasteiger partial charge in [-0.2, -0.15) is 0 Å². The summed E-state index contributed by atoms with van der Waals surface area (Å²) in [6.45, 7) is 1.98. The van der Waals surface area contributed by atoms with Crippen LogP contribution < -0.4 is 15.4 Å². The summed E-state index contributed by atoms with van der Waals surface area (Å²) in [6.07, 6.45) is 0. The van der Waals surface area contributed by atoms with Crippen LogP contribution in [0.15, 0.2) is 77.7 Å². The first-order valence-corrected chi connectivity index (χ1v) is 10.1. The smallest absolute Gasteiger partial charge is 0.255 e. The van der Waals surface area contributed by atoms with E-state index in [2.05, 4.69) is 10.6 Å². The number of thioether (sulfide) groups is 1. The minimum Gasteiger partial charge on any atom is -0.497 e. The van der Waals surface area contributed by atoms with Crippen LogP contribution in [0.2, 0.25) is 0 Å². The quantitative estimate of drug-likeness (QED) is 0.543. The molecule has 3 aromatic carbocycles. The third-order valence-corrected chi connectivity index (χ3v) is 5.09. The van der Waals surface area contributed by atoms with Crippen LogP contribution in [0.25, 0.3) is 0 Å². The summed E-state index contributed by atoms with van der Waals surface area (Å²) in [4.78, 5) is 25.5. The van der Waals surface area contributed by atoms with Gasteiger partial charge < -0.3 is 15.4 Å². The van der Waals surface area contributed by atoms with E-state index in [9.17, 15) is 9.59 Å². The molecule has 3 aromatic rings. The van der Waals surface area contributed by atoms with E-state index in [-0.39, 0.29) is 17.6 Å². The van der Waals surface area contributed by atoms with Gasteiger partial charge in [-0.15, -0.1) is 11.8 Å². The van der Waals surface area contributed by atoms with E-state index in [1.807, 2.05) is 55.5 Å². The predicted octanol–water partition coefficient (Wildman–Crippen LogP) is 4.99. The van der Waals surface area contributed by atoms with Crippen LogP contribution >= 0.6 is 11.8 Å². The van der Waals surface area contributed by atoms with E-state index in [1.54, 1.807) is 31.4 Å². The maximum atomic E-state index is 12.5. The Bertz CT molecular complexity index is 1020. The Morgan fingerprint density at radius 2 is 1.62 bits per heavy atom. The fraction of sp³-hybridized carbons (Fsp3) is 0.130. The van der Waals surface area contributed by atoms with Crippen LogP contribution in [0, 0.1) is 6.92 Å². The summed E-state index contributed by atoms with van der Waals surface area (Å²) >= 11 is 1.41. The van der Waals surface area contributed by atoms with E-state index in [1.165, 1.54) is 11.8 Å². The van der Waals surface area contributed by atoms with Crippen molar-refractivity contribution in [3.63, 3.8) is 0 Å². The fourth-order valence-corrected chi connectivity index (χ4v) is 3.46. The Morgan fingerprint density at radius 3 is 2.38 bits per heavy atom. The Morgan fingerprint density at radius 1 is 0.897 bits per heavy atom. The molecular formula is C23H22N2O3S. The number of methoxy groups -OCH3 is 1. The van der Waals surface area contributed by atoms with Crippen LogP contribution in [-0.2, 0) is 4.79 Å². The lowest BCUT2D eigenvalue weighted by atomic mass is 10.2. The molecule has 2 N–H and O–H groups in total. The van der Waals surface area contributed by atoms with Crippen molar-refractivity contribution in [1.29, 1.82) is 0 Å². The zero-order chi connectivity index (χ0) is 20.6. The van der Waals surface area contributed by atoms with Crippen molar-refractivity contribution in [2.45, 2.75) is 11.8 Å². The molecule has 0 saturated carbocycles. The van der Waals surface area contributed by atoms with E-state index >= 15 is 0 Å². The van der Waals surface area contributed by atoms with Crippen LogP contribution in [0.4, 0.5) is 11.4 Å². The van der Waals surface area contributed by atoms with Crippen molar-refractivity contribution in [1.82, 2.24) is 0 Å². The predicted molar refractivity (Wildman–Crippen MR) is 118 cm³/mol.